The second kappa shape index (κ2) is 34.8. The van der Waals surface area contributed by atoms with Crippen LogP contribution in [-0.4, -0.2) is 74.2 Å². The molecule has 1 N–H and O–H groups in total. The standard InChI is InChI=1S/C60H110O7P2S/c1-9-17-25-27-29-31-33-35-37-39-49-68(43-19-11-3,44-20-12-4,45-21-13-5)66-59(61)54-41-42-57-55(51-54)52-56(53-58(57)70(63,64)65)60(62)67-69(46-22-14-6,47-23-15-7,48-24-16-8)50-40-38-36-34-32-30-28-26-18-10-2/h41-42,51-53H,9-40,43-50H2,1-8H3,(H,63,64,65). The van der Waals surface area contributed by atoms with Crippen molar-refractivity contribution in [1.82, 2.24) is 0 Å². The molecule has 0 aromatic heterocycles. The molecule has 0 aliphatic carbocycles. The Balaban J connectivity index is 2.65. The summed E-state index contributed by atoms with van der Waals surface area (Å²) in [5, 5.41) is 0.681. The molecule has 0 aliphatic heterocycles. The first kappa shape index (κ1) is 64.5. The molecule has 408 valence electrons. The quantitative estimate of drug-likeness (QED) is 0.0400. The fraction of sp³-hybridized carbons (Fsp3) is 0.800. The van der Waals surface area contributed by atoms with Crippen molar-refractivity contribution in [2.24, 2.45) is 0 Å². The van der Waals surface area contributed by atoms with Crippen LogP contribution in [-0.2, 0) is 19.2 Å². The average molecular weight is 1040 g/mol. The number of unbranched alkanes of at least 4 members (excludes halogenated alkanes) is 24. The average Bonchev–Trinajstić information content (AvgIpc) is 3.35. The van der Waals surface area contributed by atoms with Gasteiger partial charge in [0, 0.05) is 0 Å². The first-order valence-electron chi connectivity index (χ1n) is 29.7. The van der Waals surface area contributed by atoms with Gasteiger partial charge in [-0.25, -0.2) is 0 Å². The van der Waals surface area contributed by atoms with E-state index in [2.05, 4.69) is 55.4 Å². The van der Waals surface area contributed by atoms with Gasteiger partial charge in [0.1, 0.15) is 0 Å². The van der Waals surface area contributed by atoms with Crippen molar-refractivity contribution < 1.29 is 31.6 Å². The molecule has 0 atom stereocenters. The van der Waals surface area contributed by atoms with Crippen molar-refractivity contribution >= 4 is 46.5 Å². The third-order valence-electron chi connectivity index (χ3n) is 16.0. The third-order valence-corrected chi connectivity index (χ3v) is 29.8. The minimum atomic E-state index is -4.75. The summed E-state index contributed by atoms with van der Waals surface area (Å²) in [5.74, 6) is -0.857. The molecule has 0 aliphatic rings. The van der Waals surface area contributed by atoms with Crippen LogP contribution in [0.25, 0.3) is 10.8 Å². The zero-order chi connectivity index (χ0) is 51.7. The van der Waals surface area contributed by atoms with Gasteiger partial charge in [-0.05, 0) is 0 Å². The molecule has 0 unspecified atom stereocenters. The molecule has 0 spiro atoms. The van der Waals surface area contributed by atoms with Crippen molar-refractivity contribution in [1.29, 1.82) is 0 Å². The zero-order valence-corrected chi connectivity index (χ0v) is 49.5. The summed E-state index contributed by atoms with van der Waals surface area (Å²) >= 11 is 0. The number of hydrogen-bond donors (Lipinski definition) is 1. The summed E-state index contributed by atoms with van der Waals surface area (Å²) in [7, 11) is -4.75. The number of carbonyl (C=O) groups excluding carboxylic acids is 2. The van der Waals surface area contributed by atoms with Crippen molar-refractivity contribution in [3.8, 4) is 0 Å². The maximum absolute atomic E-state index is 15.0. The topological polar surface area (TPSA) is 107 Å². The van der Waals surface area contributed by atoms with E-state index in [4.69, 9.17) is 9.05 Å². The molecule has 0 heterocycles. The van der Waals surface area contributed by atoms with Gasteiger partial charge in [-0.1, -0.05) is 0 Å². The van der Waals surface area contributed by atoms with Crippen LogP contribution < -0.4 is 0 Å². The Kier molecular flexibility index (Phi) is 32.1. The summed E-state index contributed by atoms with van der Waals surface area (Å²) in [4.78, 5) is 29.6. The number of hydrogen-bond acceptors (Lipinski definition) is 6. The van der Waals surface area contributed by atoms with Crippen LogP contribution in [0.15, 0.2) is 35.2 Å². The van der Waals surface area contributed by atoms with E-state index in [0.29, 0.717) is 10.9 Å². The summed E-state index contributed by atoms with van der Waals surface area (Å²) in [6.45, 7) is 11.7. The van der Waals surface area contributed by atoms with Gasteiger partial charge in [-0.2, -0.15) is 0 Å². The minimum absolute atomic E-state index is 0.113. The Morgan fingerprint density at radius 3 is 0.971 bits per heavy atom. The van der Waals surface area contributed by atoms with Crippen LogP contribution in [0.4, 0.5) is 0 Å². The fourth-order valence-corrected chi connectivity index (χ4v) is 25.5. The Labute approximate surface area is 432 Å². The Hall–Kier alpha value is -1.59. The molecular formula is C60H110O7P2S. The third kappa shape index (κ3) is 22.1. The van der Waals surface area contributed by atoms with Crippen molar-refractivity contribution in [2.75, 3.05) is 49.3 Å². The second-order valence-corrected chi connectivity index (χ2v) is 34.9. The van der Waals surface area contributed by atoms with E-state index < -0.39 is 29.7 Å². The monoisotopic (exact) mass is 1040 g/mol. The van der Waals surface area contributed by atoms with E-state index in [1.54, 1.807) is 24.3 Å². The molecular weight excluding hydrogens is 927 g/mol. The zero-order valence-electron chi connectivity index (χ0n) is 46.9. The van der Waals surface area contributed by atoms with Crippen LogP contribution in [0.3, 0.4) is 0 Å². The number of fused-ring (bicyclic) bond motifs is 1. The Morgan fingerprint density at radius 2 is 0.657 bits per heavy atom. The van der Waals surface area contributed by atoms with Crippen LogP contribution in [0.1, 0.15) is 282 Å². The number of benzene rings is 2. The van der Waals surface area contributed by atoms with Crippen LogP contribution in [0.5, 0.6) is 0 Å². The maximum atomic E-state index is 15.0. The van der Waals surface area contributed by atoms with Gasteiger partial charge in [-0.3, -0.25) is 0 Å². The van der Waals surface area contributed by atoms with Gasteiger partial charge in [0.05, 0.1) is 0 Å². The molecule has 0 amide bonds. The molecule has 0 saturated heterocycles. The van der Waals surface area contributed by atoms with E-state index in [9.17, 15) is 22.6 Å². The molecule has 2 rings (SSSR count). The normalized spacial score (nSPS) is 13.5. The van der Waals surface area contributed by atoms with Crippen LogP contribution in [0.2, 0.25) is 0 Å². The van der Waals surface area contributed by atoms with Gasteiger partial charge < -0.3 is 0 Å². The molecule has 0 bridgehead atoms. The molecule has 0 saturated carbocycles. The predicted octanol–water partition coefficient (Wildman–Crippen LogP) is 20.0. The van der Waals surface area contributed by atoms with Crippen LogP contribution >= 0.6 is 13.7 Å². The first-order valence-corrected chi connectivity index (χ1v) is 37.0. The van der Waals surface area contributed by atoms with Gasteiger partial charge in [0.25, 0.3) is 0 Å². The first-order chi connectivity index (χ1) is 33.7. The van der Waals surface area contributed by atoms with Gasteiger partial charge in [0.15, 0.2) is 0 Å². The summed E-state index contributed by atoms with van der Waals surface area (Å²) in [5.41, 5.74) is 0.469. The van der Waals surface area contributed by atoms with Crippen molar-refractivity contribution in [3.05, 3.63) is 41.5 Å². The summed E-state index contributed by atoms with van der Waals surface area (Å²) in [6.07, 6.45) is 44.5. The second-order valence-electron chi connectivity index (χ2n) is 22.1. The molecule has 70 heavy (non-hydrogen) atoms. The molecule has 2 aromatic carbocycles. The molecule has 2 aromatic rings. The molecule has 0 radical (unpaired) electrons. The van der Waals surface area contributed by atoms with Gasteiger partial charge >= 0.3 is 435 Å². The van der Waals surface area contributed by atoms with Crippen molar-refractivity contribution in [2.45, 2.75) is 266 Å². The van der Waals surface area contributed by atoms with E-state index in [1.165, 1.54) is 109 Å². The summed E-state index contributed by atoms with van der Waals surface area (Å²) < 4.78 is 51.6. The van der Waals surface area contributed by atoms with Gasteiger partial charge in [-0.15, -0.1) is 0 Å². The number of carbonyl (C=O) groups is 2. The SMILES string of the molecule is CCCCCCCCCCCCP(CCCC)(CCCC)(CCCC)OC(=O)c1ccc2c(S(=O)(=O)O)cc(C(=O)OP(CCCC)(CCCC)(CCCC)CCCCCCCCCCCC)cc2c1. The Morgan fingerprint density at radius 1 is 0.386 bits per heavy atom. The van der Waals surface area contributed by atoms with E-state index in [-0.39, 0.29) is 21.8 Å². The van der Waals surface area contributed by atoms with E-state index in [0.717, 1.165) is 152 Å². The van der Waals surface area contributed by atoms with Crippen molar-refractivity contribution in [3.63, 3.8) is 0 Å². The fourth-order valence-electron chi connectivity index (χ4n) is 11.4. The van der Waals surface area contributed by atoms with E-state index >= 15 is 0 Å². The molecule has 10 heteroatoms. The summed E-state index contributed by atoms with van der Waals surface area (Å²) in [6, 6.07) is 7.97. The molecule has 7 nitrogen and oxygen atoms in total. The predicted molar refractivity (Wildman–Crippen MR) is 311 cm³/mol. The van der Waals surface area contributed by atoms with Crippen LogP contribution in [0, 0.1) is 0 Å². The van der Waals surface area contributed by atoms with Gasteiger partial charge in [0.2, 0.25) is 0 Å². The number of rotatable bonds is 45. The van der Waals surface area contributed by atoms with E-state index in [1.807, 2.05) is 0 Å². The molecule has 0 fully saturated rings. The Bertz CT molecular complexity index is 1810.